The predicted molar refractivity (Wildman–Crippen MR) is 94.9 cm³/mol. The van der Waals surface area contributed by atoms with E-state index >= 15 is 0 Å². The summed E-state index contributed by atoms with van der Waals surface area (Å²) in [5.74, 6) is 1.14. The van der Waals surface area contributed by atoms with Crippen molar-refractivity contribution in [2.45, 2.75) is 43.9 Å². The first-order valence-corrected chi connectivity index (χ1v) is 9.86. The topological polar surface area (TPSA) is 55.4 Å². The van der Waals surface area contributed by atoms with Crippen LogP contribution < -0.4 is 9.46 Å². The minimum atomic E-state index is -3.49. The van der Waals surface area contributed by atoms with Crippen molar-refractivity contribution in [1.82, 2.24) is 4.72 Å². The first kappa shape index (κ1) is 18.0. The van der Waals surface area contributed by atoms with E-state index in [-0.39, 0.29) is 6.04 Å². The number of methoxy groups -OCH3 is 1. The van der Waals surface area contributed by atoms with Crippen molar-refractivity contribution in [3.05, 3.63) is 46.3 Å². The van der Waals surface area contributed by atoms with Crippen molar-refractivity contribution in [1.29, 1.82) is 0 Å². The van der Waals surface area contributed by atoms with Crippen molar-refractivity contribution in [3.8, 4) is 5.75 Å². The van der Waals surface area contributed by atoms with Gasteiger partial charge < -0.3 is 4.74 Å². The third kappa shape index (κ3) is 3.94. The molecule has 0 saturated heterocycles. The molecule has 0 aliphatic carbocycles. The lowest BCUT2D eigenvalue weighted by Gasteiger charge is -2.20. The maximum absolute atomic E-state index is 12.4. The molecular formula is C17H23NO3S2. The van der Waals surface area contributed by atoms with Gasteiger partial charge >= 0.3 is 0 Å². The second-order valence-corrected chi connectivity index (χ2v) is 8.77. The molecular weight excluding hydrogens is 330 g/mol. The van der Waals surface area contributed by atoms with Crippen LogP contribution in [0.4, 0.5) is 0 Å². The van der Waals surface area contributed by atoms with E-state index < -0.39 is 10.0 Å². The molecule has 4 nitrogen and oxygen atoms in total. The third-order valence-electron chi connectivity index (χ3n) is 3.80. The summed E-state index contributed by atoms with van der Waals surface area (Å²) in [4.78, 5) is 0. The summed E-state index contributed by atoms with van der Waals surface area (Å²) in [7, 11) is -1.84. The van der Waals surface area contributed by atoms with E-state index in [1.807, 2.05) is 26.0 Å². The van der Waals surface area contributed by atoms with Gasteiger partial charge in [-0.25, -0.2) is 13.1 Å². The van der Waals surface area contributed by atoms with Gasteiger partial charge in [-0.1, -0.05) is 19.9 Å². The van der Waals surface area contributed by atoms with E-state index in [4.69, 9.17) is 4.74 Å². The second-order valence-electron chi connectivity index (χ2n) is 5.88. The molecule has 0 aliphatic rings. The minimum absolute atomic E-state index is 0.297. The SMILES string of the molecule is COc1cc(C)c([C@@H](C)NS(=O)(=O)c2cccs2)cc1C(C)C. The highest BCUT2D eigenvalue weighted by atomic mass is 32.2. The normalized spacial score (nSPS) is 13.3. The number of rotatable bonds is 6. The molecule has 0 saturated carbocycles. The van der Waals surface area contributed by atoms with E-state index in [9.17, 15) is 8.42 Å². The summed E-state index contributed by atoms with van der Waals surface area (Å²) >= 11 is 1.21. The number of hydrogen-bond acceptors (Lipinski definition) is 4. The molecule has 0 unspecified atom stereocenters. The summed E-state index contributed by atoms with van der Waals surface area (Å²) in [6, 6.07) is 7.05. The molecule has 0 amide bonds. The zero-order valence-electron chi connectivity index (χ0n) is 14.1. The van der Waals surface area contributed by atoms with Crippen molar-refractivity contribution < 1.29 is 13.2 Å². The molecule has 6 heteroatoms. The van der Waals surface area contributed by atoms with Crippen LogP contribution in [0, 0.1) is 6.92 Å². The maximum atomic E-state index is 12.4. The predicted octanol–water partition coefficient (Wildman–Crippen LogP) is 4.23. The molecule has 0 bridgehead atoms. The molecule has 2 rings (SSSR count). The molecule has 1 aromatic heterocycles. The molecule has 0 spiro atoms. The van der Waals surface area contributed by atoms with Crippen LogP contribution >= 0.6 is 11.3 Å². The minimum Gasteiger partial charge on any atom is -0.496 e. The maximum Gasteiger partial charge on any atom is 0.250 e. The van der Waals surface area contributed by atoms with Crippen LogP contribution in [0.2, 0.25) is 0 Å². The van der Waals surface area contributed by atoms with Gasteiger partial charge in [0, 0.05) is 6.04 Å². The summed E-state index contributed by atoms with van der Waals surface area (Å²) in [5.41, 5.74) is 3.05. The van der Waals surface area contributed by atoms with Crippen molar-refractivity contribution in [2.75, 3.05) is 7.11 Å². The standard InChI is InChI=1S/C17H23NO3S2/c1-11(2)14-10-15(12(3)9-16(14)21-5)13(4)18-23(19,20)17-7-6-8-22-17/h6-11,13,18H,1-5H3/t13-/m1/s1. The highest BCUT2D eigenvalue weighted by Gasteiger charge is 2.21. The van der Waals surface area contributed by atoms with E-state index in [2.05, 4.69) is 18.6 Å². The smallest absolute Gasteiger partial charge is 0.250 e. The van der Waals surface area contributed by atoms with Gasteiger partial charge in [-0.2, -0.15) is 0 Å². The van der Waals surface area contributed by atoms with Gasteiger partial charge in [0.2, 0.25) is 0 Å². The quantitative estimate of drug-likeness (QED) is 0.845. The number of sulfonamides is 1. The fourth-order valence-corrected chi connectivity index (χ4v) is 4.81. The average molecular weight is 354 g/mol. The molecule has 0 fully saturated rings. The molecule has 23 heavy (non-hydrogen) atoms. The van der Waals surface area contributed by atoms with E-state index in [0.717, 1.165) is 22.4 Å². The van der Waals surface area contributed by atoms with Crippen LogP contribution in [-0.2, 0) is 10.0 Å². The number of benzene rings is 1. The molecule has 1 aromatic carbocycles. The number of aryl methyl sites for hydroxylation is 1. The van der Waals surface area contributed by atoms with E-state index in [1.165, 1.54) is 11.3 Å². The van der Waals surface area contributed by atoms with Gasteiger partial charge in [0.25, 0.3) is 10.0 Å². The van der Waals surface area contributed by atoms with Crippen molar-refractivity contribution in [3.63, 3.8) is 0 Å². The fourth-order valence-electron chi connectivity index (χ4n) is 2.58. The van der Waals surface area contributed by atoms with Gasteiger partial charge in [0.05, 0.1) is 7.11 Å². The zero-order chi connectivity index (χ0) is 17.2. The highest BCUT2D eigenvalue weighted by Crippen LogP contribution is 2.32. The van der Waals surface area contributed by atoms with Gasteiger partial charge in [0.1, 0.15) is 9.96 Å². The van der Waals surface area contributed by atoms with Gasteiger partial charge in [-0.15, -0.1) is 11.3 Å². The number of ether oxygens (including phenoxy) is 1. The van der Waals surface area contributed by atoms with Gasteiger partial charge in [0.15, 0.2) is 0 Å². The summed E-state index contributed by atoms with van der Waals surface area (Å²) in [5, 5.41) is 1.76. The number of thiophene rings is 1. The Morgan fingerprint density at radius 3 is 2.39 bits per heavy atom. The average Bonchev–Trinajstić information content (AvgIpc) is 3.00. The van der Waals surface area contributed by atoms with Crippen LogP contribution in [0.1, 0.15) is 49.4 Å². The summed E-state index contributed by atoms with van der Waals surface area (Å²) in [6.07, 6.45) is 0. The zero-order valence-corrected chi connectivity index (χ0v) is 15.7. The Morgan fingerprint density at radius 1 is 1.17 bits per heavy atom. The summed E-state index contributed by atoms with van der Waals surface area (Å²) < 4.78 is 33.3. The first-order valence-electron chi connectivity index (χ1n) is 7.50. The Morgan fingerprint density at radius 2 is 1.87 bits per heavy atom. The van der Waals surface area contributed by atoms with Gasteiger partial charge in [-0.3, -0.25) is 0 Å². The lowest BCUT2D eigenvalue weighted by molar-refractivity contribution is 0.406. The first-order chi connectivity index (χ1) is 10.8. The van der Waals surface area contributed by atoms with Gasteiger partial charge in [-0.05, 0) is 60.0 Å². The van der Waals surface area contributed by atoms with Crippen LogP contribution in [0.5, 0.6) is 5.75 Å². The Bertz CT molecular complexity index is 765. The Labute approximate surface area is 142 Å². The monoisotopic (exact) mass is 353 g/mol. The molecule has 1 N–H and O–H groups in total. The van der Waals surface area contributed by atoms with Crippen LogP contribution in [0.15, 0.2) is 33.9 Å². The lowest BCUT2D eigenvalue weighted by atomic mass is 9.94. The van der Waals surface area contributed by atoms with E-state index in [1.54, 1.807) is 24.6 Å². The van der Waals surface area contributed by atoms with Crippen LogP contribution in [0.3, 0.4) is 0 Å². The van der Waals surface area contributed by atoms with Crippen LogP contribution in [-0.4, -0.2) is 15.5 Å². The molecule has 1 atom stereocenters. The number of nitrogens with one attached hydrogen (secondary N) is 1. The summed E-state index contributed by atoms with van der Waals surface area (Å²) in [6.45, 7) is 8.02. The molecule has 0 radical (unpaired) electrons. The Kier molecular flexibility index (Phi) is 5.49. The van der Waals surface area contributed by atoms with Crippen LogP contribution in [0.25, 0.3) is 0 Å². The fraction of sp³-hybridized carbons (Fsp3) is 0.412. The third-order valence-corrected chi connectivity index (χ3v) is 6.74. The molecule has 1 heterocycles. The van der Waals surface area contributed by atoms with Crippen molar-refractivity contribution >= 4 is 21.4 Å². The Hall–Kier alpha value is -1.37. The second kappa shape index (κ2) is 7.03. The molecule has 2 aromatic rings. The molecule has 0 aliphatic heterocycles. The van der Waals surface area contributed by atoms with Crippen molar-refractivity contribution in [2.24, 2.45) is 0 Å². The number of hydrogen-bond donors (Lipinski definition) is 1. The molecule has 126 valence electrons. The Balaban J connectivity index is 2.36. The lowest BCUT2D eigenvalue weighted by Crippen LogP contribution is -2.26. The largest absolute Gasteiger partial charge is 0.496 e. The van der Waals surface area contributed by atoms with E-state index in [0.29, 0.717) is 10.1 Å². The highest BCUT2D eigenvalue weighted by molar-refractivity contribution is 7.91.